The molecule has 0 unspecified atom stereocenters. The first kappa shape index (κ1) is 10.2. The molecule has 1 aliphatic heterocycles. The molecule has 0 saturated heterocycles. The molecule has 5 nitrogen and oxygen atoms in total. The number of hydrogen-bond donors (Lipinski definition) is 1. The largest absolute Gasteiger partial charge is 0.454 e. The lowest BCUT2D eigenvalue weighted by Gasteiger charge is -2.05. The Labute approximate surface area is 102 Å². The fourth-order valence-corrected chi connectivity index (χ4v) is 1.82. The smallest absolute Gasteiger partial charge is 0.231 e. The summed E-state index contributed by atoms with van der Waals surface area (Å²) in [5.41, 5.74) is 7.35. The van der Waals surface area contributed by atoms with Crippen LogP contribution >= 0.6 is 11.6 Å². The van der Waals surface area contributed by atoms with Gasteiger partial charge in [-0.15, -0.1) is 10.2 Å². The Morgan fingerprint density at radius 2 is 1.94 bits per heavy atom. The number of ether oxygens (including phenoxy) is 2. The second-order valence-electron chi connectivity index (χ2n) is 3.53. The lowest BCUT2D eigenvalue weighted by Crippen LogP contribution is -1.96. The van der Waals surface area contributed by atoms with Gasteiger partial charge >= 0.3 is 0 Å². The molecule has 0 atom stereocenters. The molecule has 1 aromatic carbocycles. The number of anilines is 1. The maximum Gasteiger partial charge on any atom is 0.231 e. The molecule has 6 heteroatoms. The summed E-state index contributed by atoms with van der Waals surface area (Å²) in [4.78, 5) is 0. The number of aromatic nitrogens is 2. The fraction of sp³-hybridized carbons (Fsp3) is 0.0909. The van der Waals surface area contributed by atoms with E-state index in [1.165, 1.54) is 0 Å². The minimum atomic E-state index is 0.240. The molecule has 1 aliphatic rings. The van der Waals surface area contributed by atoms with Crippen molar-refractivity contribution in [3.8, 4) is 22.6 Å². The Kier molecular flexibility index (Phi) is 2.26. The van der Waals surface area contributed by atoms with E-state index >= 15 is 0 Å². The van der Waals surface area contributed by atoms with Crippen LogP contribution in [0.25, 0.3) is 11.1 Å². The van der Waals surface area contributed by atoms with E-state index in [0.29, 0.717) is 16.7 Å². The van der Waals surface area contributed by atoms with Crippen molar-refractivity contribution in [2.75, 3.05) is 12.5 Å². The third-order valence-corrected chi connectivity index (χ3v) is 2.66. The van der Waals surface area contributed by atoms with Gasteiger partial charge in [-0.1, -0.05) is 17.7 Å². The average molecular weight is 250 g/mol. The van der Waals surface area contributed by atoms with Gasteiger partial charge < -0.3 is 15.2 Å². The van der Waals surface area contributed by atoms with E-state index in [-0.39, 0.29) is 6.79 Å². The van der Waals surface area contributed by atoms with Crippen LogP contribution in [0.15, 0.2) is 24.3 Å². The molecule has 0 spiro atoms. The van der Waals surface area contributed by atoms with Crippen molar-refractivity contribution in [3.05, 3.63) is 29.4 Å². The number of fused-ring (bicyclic) bond motifs is 1. The molecule has 0 amide bonds. The van der Waals surface area contributed by atoms with Crippen molar-refractivity contribution in [1.82, 2.24) is 10.2 Å². The molecule has 0 saturated carbocycles. The number of halogens is 1. The van der Waals surface area contributed by atoms with Crippen LogP contribution in [0.3, 0.4) is 0 Å². The standard InChI is InChI=1S/C11H8ClN3O2/c12-10-4-7(11(13)15-14-10)6-1-2-8-9(3-6)17-5-16-8/h1-4H,5H2,(H2,13,15). The lowest BCUT2D eigenvalue weighted by molar-refractivity contribution is 0.174. The van der Waals surface area contributed by atoms with Crippen LogP contribution in [0, 0.1) is 0 Å². The fourth-order valence-electron chi connectivity index (χ4n) is 1.67. The molecule has 0 aliphatic carbocycles. The molecule has 0 bridgehead atoms. The summed E-state index contributed by atoms with van der Waals surface area (Å²) in [6.45, 7) is 0.240. The first-order valence-corrected chi connectivity index (χ1v) is 5.30. The number of rotatable bonds is 1. The van der Waals surface area contributed by atoms with Crippen molar-refractivity contribution >= 4 is 17.4 Å². The highest BCUT2D eigenvalue weighted by atomic mass is 35.5. The highest BCUT2D eigenvalue weighted by Gasteiger charge is 2.15. The Morgan fingerprint density at radius 3 is 2.82 bits per heavy atom. The van der Waals surface area contributed by atoms with Gasteiger partial charge in [-0.2, -0.15) is 0 Å². The quantitative estimate of drug-likeness (QED) is 0.838. The summed E-state index contributed by atoms with van der Waals surface area (Å²) in [6.07, 6.45) is 0. The molecular weight excluding hydrogens is 242 g/mol. The van der Waals surface area contributed by atoms with Crippen molar-refractivity contribution in [1.29, 1.82) is 0 Å². The molecule has 2 heterocycles. The van der Waals surface area contributed by atoms with E-state index in [4.69, 9.17) is 26.8 Å². The zero-order valence-electron chi connectivity index (χ0n) is 8.68. The Hall–Kier alpha value is -2.01. The van der Waals surface area contributed by atoms with Crippen LogP contribution in [-0.4, -0.2) is 17.0 Å². The van der Waals surface area contributed by atoms with Gasteiger partial charge in [0, 0.05) is 5.56 Å². The van der Waals surface area contributed by atoms with E-state index in [9.17, 15) is 0 Å². The van der Waals surface area contributed by atoms with E-state index in [1.807, 2.05) is 18.2 Å². The van der Waals surface area contributed by atoms with Crippen LogP contribution in [-0.2, 0) is 0 Å². The number of benzene rings is 1. The molecule has 17 heavy (non-hydrogen) atoms. The lowest BCUT2D eigenvalue weighted by atomic mass is 10.1. The summed E-state index contributed by atoms with van der Waals surface area (Å²) in [6, 6.07) is 7.20. The molecule has 0 radical (unpaired) electrons. The van der Waals surface area contributed by atoms with Crippen LogP contribution in [0.2, 0.25) is 5.15 Å². The maximum absolute atomic E-state index is 5.80. The van der Waals surface area contributed by atoms with Crippen molar-refractivity contribution in [2.24, 2.45) is 0 Å². The second kappa shape index (κ2) is 3.78. The van der Waals surface area contributed by atoms with Gasteiger partial charge in [0.05, 0.1) is 0 Å². The zero-order chi connectivity index (χ0) is 11.8. The van der Waals surface area contributed by atoms with Gasteiger partial charge in [-0.3, -0.25) is 0 Å². The summed E-state index contributed by atoms with van der Waals surface area (Å²) in [5, 5.41) is 7.74. The molecule has 0 fully saturated rings. The average Bonchev–Trinajstić information content (AvgIpc) is 2.79. The highest BCUT2D eigenvalue weighted by molar-refractivity contribution is 6.29. The topological polar surface area (TPSA) is 70.3 Å². The number of nitrogen functional groups attached to an aromatic ring is 1. The van der Waals surface area contributed by atoms with Gasteiger partial charge in [0.25, 0.3) is 0 Å². The van der Waals surface area contributed by atoms with E-state index < -0.39 is 0 Å². The summed E-state index contributed by atoms with van der Waals surface area (Å²) in [7, 11) is 0. The first-order chi connectivity index (χ1) is 8.24. The van der Waals surface area contributed by atoms with Gasteiger partial charge in [0.15, 0.2) is 22.5 Å². The number of nitrogens with zero attached hydrogens (tertiary/aromatic N) is 2. The number of nitrogens with two attached hydrogens (primary N) is 1. The monoisotopic (exact) mass is 249 g/mol. The third kappa shape index (κ3) is 1.74. The Bertz CT molecular complexity index is 589. The van der Waals surface area contributed by atoms with Gasteiger partial charge in [-0.05, 0) is 23.8 Å². The third-order valence-electron chi connectivity index (χ3n) is 2.48. The maximum atomic E-state index is 5.80. The van der Waals surface area contributed by atoms with Crippen molar-refractivity contribution in [3.63, 3.8) is 0 Å². The van der Waals surface area contributed by atoms with Gasteiger partial charge in [-0.25, -0.2) is 0 Å². The summed E-state index contributed by atoms with van der Waals surface area (Å²) < 4.78 is 10.5. The molecule has 2 N–H and O–H groups in total. The predicted octanol–water partition coefficient (Wildman–Crippen LogP) is 2.11. The summed E-state index contributed by atoms with van der Waals surface area (Å²) >= 11 is 5.80. The van der Waals surface area contributed by atoms with Gasteiger partial charge in [0.2, 0.25) is 6.79 Å². The van der Waals surface area contributed by atoms with Crippen LogP contribution in [0.5, 0.6) is 11.5 Å². The minimum absolute atomic E-state index is 0.240. The van der Waals surface area contributed by atoms with Crippen molar-refractivity contribution in [2.45, 2.75) is 0 Å². The van der Waals surface area contributed by atoms with E-state index in [0.717, 1.165) is 16.9 Å². The minimum Gasteiger partial charge on any atom is -0.454 e. The van der Waals surface area contributed by atoms with Gasteiger partial charge in [0.1, 0.15) is 0 Å². The molecule has 2 aromatic rings. The SMILES string of the molecule is Nc1nnc(Cl)cc1-c1ccc2c(c1)OCO2. The second-order valence-corrected chi connectivity index (χ2v) is 3.92. The predicted molar refractivity (Wildman–Crippen MR) is 63.0 cm³/mol. The Balaban J connectivity index is 2.12. The molecule has 3 rings (SSSR count). The normalized spacial score (nSPS) is 12.8. The number of hydrogen-bond acceptors (Lipinski definition) is 5. The van der Waals surface area contributed by atoms with Crippen LogP contribution < -0.4 is 15.2 Å². The Morgan fingerprint density at radius 1 is 1.12 bits per heavy atom. The van der Waals surface area contributed by atoms with Crippen LogP contribution in [0.1, 0.15) is 0 Å². The molecule has 1 aromatic heterocycles. The van der Waals surface area contributed by atoms with E-state index in [2.05, 4.69) is 10.2 Å². The first-order valence-electron chi connectivity index (χ1n) is 4.93. The van der Waals surface area contributed by atoms with Crippen molar-refractivity contribution < 1.29 is 9.47 Å². The highest BCUT2D eigenvalue weighted by Crippen LogP contribution is 2.37. The molecule has 86 valence electrons. The summed E-state index contributed by atoms with van der Waals surface area (Å²) in [5.74, 6) is 1.74. The van der Waals surface area contributed by atoms with E-state index in [1.54, 1.807) is 6.07 Å². The molecular formula is C11H8ClN3O2. The zero-order valence-corrected chi connectivity index (χ0v) is 9.44. The van der Waals surface area contributed by atoms with Crippen LogP contribution in [0.4, 0.5) is 5.82 Å².